The van der Waals surface area contributed by atoms with Gasteiger partial charge in [0, 0.05) is 17.9 Å². The zero-order valence-electron chi connectivity index (χ0n) is 34.0. The van der Waals surface area contributed by atoms with Gasteiger partial charge in [-0.15, -0.1) is 0 Å². The Balaban J connectivity index is 0.00000120. The number of benzene rings is 4. The van der Waals surface area contributed by atoms with Crippen molar-refractivity contribution in [3.05, 3.63) is 125 Å². The molecule has 0 saturated heterocycles. The maximum Gasteiger partial charge on any atom is 0.514 e. The van der Waals surface area contributed by atoms with Gasteiger partial charge in [-0.05, 0) is 133 Å². The van der Waals surface area contributed by atoms with E-state index in [9.17, 15) is 14.4 Å². The van der Waals surface area contributed by atoms with E-state index in [0.717, 1.165) is 27.8 Å². The van der Waals surface area contributed by atoms with Crippen molar-refractivity contribution < 1.29 is 42.8 Å². The Morgan fingerprint density at radius 1 is 0.444 bits per heavy atom. The van der Waals surface area contributed by atoms with E-state index in [1.54, 1.807) is 85.1 Å². The number of methoxy groups -OCH3 is 1. The Morgan fingerprint density at radius 2 is 0.722 bits per heavy atom. The summed E-state index contributed by atoms with van der Waals surface area (Å²) < 4.78 is 31.3. The predicted octanol–water partition coefficient (Wildman–Crippen LogP) is 11.0. The first-order valence-corrected chi connectivity index (χ1v) is 17.9. The molecule has 0 saturated carbocycles. The van der Waals surface area contributed by atoms with Crippen LogP contribution in [-0.4, -0.2) is 42.7 Å². The average Bonchev–Trinajstić information content (AvgIpc) is 3.07. The number of hydrogen-bond acceptors (Lipinski definition) is 9. The van der Waals surface area contributed by atoms with Gasteiger partial charge in [0.1, 0.15) is 28.5 Å². The van der Waals surface area contributed by atoms with Crippen molar-refractivity contribution in [2.45, 2.75) is 111 Å². The van der Waals surface area contributed by atoms with Crippen LogP contribution in [0.2, 0.25) is 0 Å². The number of carbonyl (C=O) groups is 3. The highest BCUT2D eigenvalue weighted by Gasteiger charge is 2.33. The van der Waals surface area contributed by atoms with Crippen LogP contribution in [-0.2, 0) is 29.8 Å². The third-order valence-electron chi connectivity index (χ3n) is 8.60. The maximum absolute atomic E-state index is 12.3. The smallest absolute Gasteiger partial charge is 0.429 e. The van der Waals surface area contributed by atoms with Crippen LogP contribution in [0.15, 0.2) is 97.1 Å². The van der Waals surface area contributed by atoms with Gasteiger partial charge in [-0.2, -0.15) is 0 Å². The lowest BCUT2D eigenvalue weighted by molar-refractivity contribution is -0.120. The summed E-state index contributed by atoms with van der Waals surface area (Å²) in [5.41, 5.74) is 2.80. The molecule has 0 aliphatic rings. The second-order valence-corrected chi connectivity index (χ2v) is 16.6. The third-order valence-corrected chi connectivity index (χ3v) is 8.60. The van der Waals surface area contributed by atoms with Gasteiger partial charge in [0.25, 0.3) is 6.47 Å². The zero-order valence-corrected chi connectivity index (χ0v) is 34.0. The van der Waals surface area contributed by atoms with Crippen molar-refractivity contribution >= 4 is 18.8 Å². The highest BCUT2D eigenvalue weighted by molar-refractivity contribution is 5.65. The first-order valence-electron chi connectivity index (χ1n) is 17.9. The van der Waals surface area contributed by atoms with Crippen molar-refractivity contribution in [1.82, 2.24) is 0 Å². The van der Waals surface area contributed by atoms with Crippen LogP contribution >= 0.6 is 0 Å². The molecule has 4 aromatic carbocycles. The predicted molar refractivity (Wildman–Crippen MR) is 211 cm³/mol. The average molecular weight is 741 g/mol. The molecular formula is C45H56O9. The Hall–Kier alpha value is -5.15. The fraction of sp³-hybridized carbons (Fsp3) is 0.400. The SMILES string of the molecule is CC(C)(C)OC(=O)Oc1ccc(C(C)(C)c2ccc(C(C)(c3ccc(OC=O)cc3)c3ccc(OC(=O)OC(C)(C)C)cc3)cc2)cc1.COC(C)(C)C. The molecule has 0 radical (unpaired) electrons. The Bertz CT molecular complexity index is 1820. The first-order chi connectivity index (χ1) is 25.0. The van der Waals surface area contributed by atoms with Crippen molar-refractivity contribution in [1.29, 1.82) is 0 Å². The molecule has 9 nitrogen and oxygen atoms in total. The van der Waals surface area contributed by atoms with E-state index in [2.05, 4.69) is 45.0 Å². The molecule has 1 unspecified atom stereocenters. The molecule has 4 aromatic rings. The zero-order chi connectivity index (χ0) is 40.5. The van der Waals surface area contributed by atoms with Crippen molar-refractivity contribution in [3.8, 4) is 17.2 Å². The summed E-state index contributed by atoms with van der Waals surface area (Å²) in [5, 5.41) is 0. The lowest BCUT2D eigenvalue weighted by Gasteiger charge is -2.33. The van der Waals surface area contributed by atoms with Crippen LogP contribution in [0.3, 0.4) is 0 Å². The summed E-state index contributed by atoms with van der Waals surface area (Å²) in [6.45, 7) is 23.6. The maximum atomic E-state index is 12.3. The molecule has 1 atom stereocenters. The minimum atomic E-state index is -0.771. The third kappa shape index (κ3) is 12.5. The van der Waals surface area contributed by atoms with Gasteiger partial charge in [-0.25, -0.2) is 9.59 Å². The molecule has 290 valence electrons. The quantitative estimate of drug-likeness (QED) is 0.0717. The topological polar surface area (TPSA) is 107 Å². The molecule has 0 amide bonds. The molecule has 9 heteroatoms. The summed E-state index contributed by atoms with van der Waals surface area (Å²) in [6, 6.07) is 30.6. The summed E-state index contributed by atoms with van der Waals surface area (Å²) in [4.78, 5) is 35.3. The van der Waals surface area contributed by atoms with Gasteiger partial charge in [-0.3, -0.25) is 4.79 Å². The number of carbonyl (C=O) groups excluding carboxylic acids is 3. The monoisotopic (exact) mass is 740 g/mol. The fourth-order valence-corrected chi connectivity index (χ4v) is 5.34. The Labute approximate surface area is 320 Å². The minimum absolute atomic E-state index is 0.0417. The van der Waals surface area contributed by atoms with Crippen LogP contribution < -0.4 is 14.2 Å². The number of rotatable bonds is 9. The van der Waals surface area contributed by atoms with Gasteiger partial charge in [0.15, 0.2) is 0 Å². The van der Waals surface area contributed by atoms with E-state index in [4.69, 9.17) is 28.4 Å². The minimum Gasteiger partial charge on any atom is -0.429 e. The molecule has 0 bridgehead atoms. The van der Waals surface area contributed by atoms with Gasteiger partial charge in [-0.1, -0.05) is 74.5 Å². The molecule has 0 spiro atoms. The summed E-state index contributed by atoms with van der Waals surface area (Å²) in [7, 11) is 1.71. The summed E-state index contributed by atoms with van der Waals surface area (Å²) >= 11 is 0. The van der Waals surface area contributed by atoms with Gasteiger partial charge in [0.2, 0.25) is 0 Å². The molecule has 4 rings (SSSR count). The highest BCUT2D eigenvalue weighted by Crippen LogP contribution is 2.41. The second kappa shape index (κ2) is 17.3. The van der Waals surface area contributed by atoms with Crippen molar-refractivity contribution in [2.24, 2.45) is 0 Å². The van der Waals surface area contributed by atoms with E-state index in [0.29, 0.717) is 23.7 Å². The van der Waals surface area contributed by atoms with Crippen LogP contribution in [0, 0.1) is 0 Å². The van der Waals surface area contributed by atoms with E-state index in [-0.39, 0.29) is 11.0 Å². The van der Waals surface area contributed by atoms with Gasteiger partial charge in [0.05, 0.1) is 5.60 Å². The Kier molecular flexibility index (Phi) is 13.9. The van der Waals surface area contributed by atoms with Crippen molar-refractivity contribution in [3.63, 3.8) is 0 Å². The van der Waals surface area contributed by atoms with Crippen LogP contribution in [0.5, 0.6) is 17.2 Å². The molecule has 54 heavy (non-hydrogen) atoms. The molecule has 0 N–H and O–H groups in total. The largest absolute Gasteiger partial charge is 0.514 e. The van der Waals surface area contributed by atoms with Gasteiger partial charge < -0.3 is 28.4 Å². The van der Waals surface area contributed by atoms with Crippen LogP contribution in [0.1, 0.15) is 111 Å². The number of hydrogen-bond donors (Lipinski definition) is 0. The molecule has 0 aliphatic heterocycles. The van der Waals surface area contributed by atoms with Crippen molar-refractivity contribution in [2.75, 3.05) is 7.11 Å². The standard InChI is InChI=1S/C40H44O8.C5H12O/c1-37(2,3)47-35(42)45-33-22-14-28(15-23-33)39(7,8)27-10-12-29(13-11-27)40(9,30-16-20-32(21-17-30)44-26-41)31-18-24-34(25-19-31)46-36(43)48-38(4,5)6;1-5(2,3)6-4/h10-26H,1-9H3;1-4H3. The number of ether oxygens (including phenoxy) is 6. The van der Waals surface area contributed by atoms with Crippen LogP contribution in [0.25, 0.3) is 0 Å². The van der Waals surface area contributed by atoms with Crippen LogP contribution in [0.4, 0.5) is 9.59 Å². The highest BCUT2D eigenvalue weighted by atomic mass is 16.7. The van der Waals surface area contributed by atoms with E-state index < -0.39 is 28.9 Å². The van der Waals surface area contributed by atoms with E-state index in [1.165, 1.54) is 0 Å². The lowest BCUT2D eigenvalue weighted by Crippen LogP contribution is -2.27. The van der Waals surface area contributed by atoms with Gasteiger partial charge >= 0.3 is 12.3 Å². The molecule has 0 heterocycles. The Morgan fingerprint density at radius 3 is 1.02 bits per heavy atom. The fourth-order valence-electron chi connectivity index (χ4n) is 5.34. The summed E-state index contributed by atoms with van der Waals surface area (Å²) in [6.07, 6.45) is -1.52. The molecule has 0 fully saturated rings. The molecule has 0 aromatic heterocycles. The molecule has 0 aliphatic carbocycles. The van der Waals surface area contributed by atoms with E-state index in [1.807, 2.05) is 57.2 Å². The van der Waals surface area contributed by atoms with E-state index >= 15 is 0 Å². The normalized spacial score (nSPS) is 13.0. The molecular weight excluding hydrogens is 684 g/mol. The summed E-state index contributed by atoms with van der Waals surface area (Å²) in [5.74, 6) is 1.21. The second-order valence-electron chi connectivity index (χ2n) is 16.6. The lowest BCUT2D eigenvalue weighted by atomic mass is 9.70. The first kappa shape index (κ1) is 43.3.